The molecular weight excluding hydrogens is 390 g/mol. The number of aromatic hydroxyl groups is 1. The first kappa shape index (κ1) is 15.2. The molecule has 5 heteroatoms. The number of phenols is 1. The topological polar surface area (TPSA) is 57.2 Å². The predicted molar refractivity (Wildman–Crippen MR) is 100 cm³/mol. The van der Waals surface area contributed by atoms with Gasteiger partial charge in [-0.3, -0.25) is 5.41 Å². The van der Waals surface area contributed by atoms with Crippen molar-refractivity contribution in [1.29, 1.82) is 5.41 Å². The summed E-state index contributed by atoms with van der Waals surface area (Å²) in [5.41, 5.74) is 2.71. The molecule has 24 heavy (non-hydrogen) atoms. The maximum atomic E-state index is 10.2. The Bertz CT molecular complexity index is 1120. The quantitative estimate of drug-likeness (QED) is 0.398. The van der Waals surface area contributed by atoms with Crippen LogP contribution in [-0.4, -0.2) is 10.8 Å². The number of fused-ring (bicyclic) bond motifs is 3. The minimum atomic E-state index is -0.102. The van der Waals surface area contributed by atoms with E-state index in [1.165, 1.54) is 0 Å². The molecule has 0 unspecified atom stereocenters. The third-order valence-corrected chi connectivity index (χ3v) is 4.71. The van der Waals surface area contributed by atoms with Gasteiger partial charge in [0.05, 0.1) is 10.7 Å². The highest BCUT2D eigenvalue weighted by molar-refractivity contribution is 9.10. The van der Waals surface area contributed by atoms with Crippen molar-refractivity contribution >= 4 is 55.2 Å². The monoisotopic (exact) mass is 399 g/mol. The maximum absolute atomic E-state index is 10.2. The van der Waals surface area contributed by atoms with Gasteiger partial charge in [-0.25, -0.2) is 0 Å². The first-order chi connectivity index (χ1) is 11.5. The Morgan fingerprint density at radius 3 is 2.58 bits per heavy atom. The van der Waals surface area contributed by atoms with Crippen molar-refractivity contribution in [2.75, 3.05) is 0 Å². The Morgan fingerprint density at radius 1 is 1.00 bits per heavy atom. The SMILES string of the molecule is N=C(c1ccc2c(c1)oc1ccccc12)c1cc(Br)cc(Cl)c1O. The van der Waals surface area contributed by atoms with Crippen molar-refractivity contribution in [3.63, 3.8) is 0 Å². The lowest BCUT2D eigenvalue weighted by atomic mass is 10.0. The van der Waals surface area contributed by atoms with E-state index in [1.807, 2.05) is 42.5 Å². The lowest BCUT2D eigenvalue weighted by Crippen LogP contribution is -2.02. The summed E-state index contributed by atoms with van der Waals surface area (Å²) in [6.45, 7) is 0. The van der Waals surface area contributed by atoms with Crippen LogP contribution in [0.25, 0.3) is 21.9 Å². The number of rotatable bonds is 2. The van der Waals surface area contributed by atoms with Gasteiger partial charge in [0.15, 0.2) is 0 Å². The first-order valence-electron chi connectivity index (χ1n) is 7.23. The van der Waals surface area contributed by atoms with E-state index in [0.29, 0.717) is 21.2 Å². The molecule has 2 N–H and O–H groups in total. The van der Waals surface area contributed by atoms with Gasteiger partial charge in [0.2, 0.25) is 0 Å². The van der Waals surface area contributed by atoms with Gasteiger partial charge in [0.25, 0.3) is 0 Å². The van der Waals surface area contributed by atoms with Crippen LogP contribution in [0, 0.1) is 5.41 Å². The van der Waals surface area contributed by atoms with E-state index < -0.39 is 0 Å². The molecule has 1 aromatic heterocycles. The second-order valence-electron chi connectivity index (χ2n) is 5.47. The van der Waals surface area contributed by atoms with Crippen molar-refractivity contribution in [3.05, 3.63) is 75.2 Å². The molecule has 0 aliphatic heterocycles. The van der Waals surface area contributed by atoms with Crippen LogP contribution in [-0.2, 0) is 0 Å². The molecule has 0 aliphatic carbocycles. The molecule has 0 fully saturated rings. The summed E-state index contributed by atoms with van der Waals surface area (Å²) in [6.07, 6.45) is 0. The Morgan fingerprint density at radius 2 is 1.75 bits per heavy atom. The van der Waals surface area contributed by atoms with Crippen LogP contribution in [0.2, 0.25) is 5.02 Å². The lowest BCUT2D eigenvalue weighted by molar-refractivity contribution is 0.474. The van der Waals surface area contributed by atoms with Crippen LogP contribution >= 0.6 is 27.5 Å². The van der Waals surface area contributed by atoms with Gasteiger partial charge < -0.3 is 9.52 Å². The third kappa shape index (κ3) is 2.39. The Balaban J connectivity index is 1.87. The zero-order valence-electron chi connectivity index (χ0n) is 12.3. The van der Waals surface area contributed by atoms with E-state index >= 15 is 0 Å². The lowest BCUT2D eigenvalue weighted by Gasteiger charge is -2.09. The molecule has 0 saturated heterocycles. The van der Waals surface area contributed by atoms with Crippen LogP contribution in [0.4, 0.5) is 0 Å². The van der Waals surface area contributed by atoms with Crippen LogP contribution < -0.4 is 0 Å². The van der Waals surface area contributed by atoms with Crippen LogP contribution in [0.3, 0.4) is 0 Å². The van der Waals surface area contributed by atoms with Crippen molar-refractivity contribution in [2.45, 2.75) is 0 Å². The molecule has 4 rings (SSSR count). The standard InChI is InChI=1S/C19H11BrClNO2/c20-11-8-14(19(23)15(21)9-11)18(22)10-5-6-13-12-3-1-2-4-16(12)24-17(13)7-10/h1-9,22-23H. The molecule has 0 atom stereocenters. The molecule has 0 spiro atoms. The summed E-state index contributed by atoms with van der Waals surface area (Å²) in [5, 5.41) is 20.8. The van der Waals surface area contributed by atoms with Crippen LogP contribution in [0.5, 0.6) is 5.75 Å². The van der Waals surface area contributed by atoms with Gasteiger partial charge in [0, 0.05) is 26.4 Å². The molecule has 118 valence electrons. The minimum Gasteiger partial charge on any atom is -0.506 e. The minimum absolute atomic E-state index is 0.102. The molecule has 4 aromatic rings. The molecule has 0 radical (unpaired) electrons. The van der Waals surface area contributed by atoms with E-state index in [2.05, 4.69) is 15.9 Å². The van der Waals surface area contributed by atoms with E-state index in [4.69, 9.17) is 21.4 Å². The van der Waals surface area contributed by atoms with Crippen LogP contribution in [0.15, 0.2) is 63.5 Å². The average molecular weight is 401 g/mol. The second-order valence-corrected chi connectivity index (χ2v) is 6.79. The number of furan rings is 1. The van der Waals surface area contributed by atoms with Gasteiger partial charge in [-0.05, 0) is 30.3 Å². The van der Waals surface area contributed by atoms with Gasteiger partial charge in [-0.15, -0.1) is 0 Å². The summed E-state index contributed by atoms with van der Waals surface area (Å²) in [5.74, 6) is -0.102. The molecule has 1 heterocycles. The highest BCUT2D eigenvalue weighted by atomic mass is 79.9. The number of hydrogen-bond acceptors (Lipinski definition) is 3. The average Bonchev–Trinajstić information content (AvgIpc) is 2.95. The predicted octanol–water partition coefficient (Wildman–Crippen LogP) is 6.12. The second kappa shape index (κ2) is 5.65. The van der Waals surface area contributed by atoms with Crippen LogP contribution in [0.1, 0.15) is 11.1 Å². The molecule has 0 bridgehead atoms. The Hall–Kier alpha value is -2.30. The van der Waals surface area contributed by atoms with Gasteiger partial charge in [0.1, 0.15) is 16.9 Å². The van der Waals surface area contributed by atoms with E-state index in [0.717, 1.165) is 16.4 Å². The normalized spacial score (nSPS) is 11.2. The summed E-state index contributed by atoms with van der Waals surface area (Å²) in [4.78, 5) is 0. The zero-order valence-corrected chi connectivity index (χ0v) is 14.6. The van der Waals surface area contributed by atoms with Crippen molar-refractivity contribution < 1.29 is 9.52 Å². The highest BCUT2D eigenvalue weighted by Gasteiger charge is 2.15. The van der Waals surface area contributed by atoms with Crippen molar-refractivity contribution in [3.8, 4) is 5.75 Å². The fraction of sp³-hybridized carbons (Fsp3) is 0. The smallest absolute Gasteiger partial charge is 0.143 e. The molecule has 0 amide bonds. The Labute approximate surface area is 151 Å². The fourth-order valence-corrected chi connectivity index (χ4v) is 3.60. The molecule has 3 aromatic carbocycles. The summed E-state index contributed by atoms with van der Waals surface area (Å²) in [6, 6.07) is 16.7. The summed E-state index contributed by atoms with van der Waals surface area (Å²) in [7, 11) is 0. The fourth-order valence-electron chi connectivity index (χ4n) is 2.79. The van der Waals surface area contributed by atoms with Crippen molar-refractivity contribution in [1.82, 2.24) is 0 Å². The number of halogens is 2. The van der Waals surface area contributed by atoms with E-state index in [1.54, 1.807) is 12.1 Å². The van der Waals surface area contributed by atoms with Crippen molar-refractivity contribution in [2.24, 2.45) is 0 Å². The summed E-state index contributed by atoms with van der Waals surface area (Å²) < 4.78 is 6.57. The first-order valence-corrected chi connectivity index (χ1v) is 8.40. The number of nitrogens with one attached hydrogen (secondary N) is 1. The van der Waals surface area contributed by atoms with Gasteiger partial charge in [-0.2, -0.15) is 0 Å². The van der Waals surface area contributed by atoms with E-state index in [9.17, 15) is 5.11 Å². The van der Waals surface area contributed by atoms with E-state index in [-0.39, 0.29) is 16.5 Å². The summed E-state index contributed by atoms with van der Waals surface area (Å²) >= 11 is 9.34. The molecule has 0 saturated carbocycles. The number of hydrogen-bond donors (Lipinski definition) is 2. The van der Waals surface area contributed by atoms with Gasteiger partial charge in [-0.1, -0.05) is 51.8 Å². The Kier molecular flexibility index (Phi) is 3.59. The maximum Gasteiger partial charge on any atom is 0.143 e. The van der Waals surface area contributed by atoms with Gasteiger partial charge >= 0.3 is 0 Å². The number of para-hydroxylation sites is 1. The molecular formula is C19H11BrClNO2. The zero-order chi connectivity index (χ0) is 16.8. The molecule has 3 nitrogen and oxygen atoms in total. The number of benzene rings is 3. The highest BCUT2D eigenvalue weighted by Crippen LogP contribution is 2.34. The number of phenolic OH excluding ortho intramolecular Hbond substituents is 1. The largest absolute Gasteiger partial charge is 0.506 e. The molecule has 0 aliphatic rings. The third-order valence-electron chi connectivity index (χ3n) is 3.96.